The zero-order valence-electron chi connectivity index (χ0n) is 8.31. The Morgan fingerprint density at radius 3 is 2.62 bits per heavy atom. The molecule has 1 heterocycles. The summed E-state index contributed by atoms with van der Waals surface area (Å²) in [6.07, 6.45) is 1.54. The molecule has 2 rings (SSSR count). The first-order chi connectivity index (χ1) is 7.79. The Bertz CT molecular complexity index is 532. The number of pyridine rings is 1. The third-order valence-corrected chi connectivity index (χ3v) is 2.61. The van der Waals surface area contributed by atoms with Crippen LogP contribution < -0.4 is 5.32 Å². The molecule has 0 saturated carbocycles. The Morgan fingerprint density at radius 2 is 2.00 bits per heavy atom. The summed E-state index contributed by atoms with van der Waals surface area (Å²) in [5, 5.41) is 11.9. The van der Waals surface area contributed by atoms with E-state index in [-0.39, 0.29) is 0 Å². The van der Waals surface area contributed by atoms with Gasteiger partial charge < -0.3 is 5.32 Å². The van der Waals surface area contributed by atoms with Gasteiger partial charge in [0.2, 0.25) is 0 Å². The molecule has 3 nitrogen and oxygen atoms in total. The van der Waals surface area contributed by atoms with Crippen LogP contribution in [0, 0.1) is 11.3 Å². The number of nitriles is 1. The van der Waals surface area contributed by atoms with E-state index >= 15 is 0 Å². The van der Waals surface area contributed by atoms with Crippen molar-refractivity contribution in [2.24, 2.45) is 0 Å². The smallest absolute Gasteiger partial charge is 0.144 e. The fourth-order valence-corrected chi connectivity index (χ4v) is 1.70. The number of halogens is 1. The van der Waals surface area contributed by atoms with Gasteiger partial charge in [0.1, 0.15) is 11.9 Å². The SMILES string of the molecule is N#Cc1cnc(Nc2ccccc2)c(Br)c1. The summed E-state index contributed by atoms with van der Waals surface area (Å²) in [7, 11) is 0. The molecule has 0 bridgehead atoms. The maximum absolute atomic E-state index is 8.71. The van der Waals surface area contributed by atoms with Gasteiger partial charge in [-0.25, -0.2) is 4.98 Å². The number of para-hydroxylation sites is 1. The molecule has 0 amide bonds. The molecule has 78 valence electrons. The number of nitrogens with one attached hydrogen (secondary N) is 1. The van der Waals surface area contributed by atoms with Crippen molar-refractivity contribution in [3.63, 3.8) is 0 Å². The number of rotatable bonds is 2. The van der Waals surface area contributed by atoms with E-state index in [9.17, 15) is 0 Å². The van der Waals surface area contributed by atoms with Gasteiger partial charge in [-0.05, 0) is 34.1 Å². The van der Waals surface area contributed by atoms with Crippen LogP contribution in [-0.2, 0) is 0 Å². The first-order valence-corrected chi connectivity index (χ1v) is 5.46. The lowest BCUT2D eigenvalue weighted by atomic mass is 10.3. The molecular weight excluding hydrogens is 266 g/mol. The molecule has 0 atom stereocenters. The van der Waals surface area contributed by atoms with E-state index in [0.29, 0.717) is 11.4 Å². The highest BCUT2D eigenvalue weighted by atomic mass is 79.9. The van der Waals surface area contributed by atoms with Gasteiger partial charge in [-0.1, -0.05) is 18.2 Å². The second-order valence-electron chi connectivity index (χ2n) is 3.16. The van der Waals surface area contributed by atoms with E-state index in [2.05, 4.69) is 26.2 Å². The number of anilines is 2. The van der Waals surface area contributed by atoms with Crippen LogP contribution in [0.2, 0.25) is 0 Å². The highest BCUT2D eigenvalue weighted by Crippen LogP contribution is 2.23. The minimum Gasteiger partial charge on any atom is -0.339 e. The Balaban J connectivity index is 2.27. The van der Waals surface area contributed by atoms with Gasteiger partial charge in [0.25, 0.3) is 0 Å². The van der Waals surface area contributed by atoms with Crippen molar-refractivity contribution in [3.05, 3.63) is 52.6 Å². The van der Waals surface area contributed by atoms with Crippen molar-refractivity contribution in [2.45, 2.75) is 0 Å². The minimum atomic E-state index is 0.533. The standard InChI is InChI=1S/C12H8BrN3/c13-11-6-9(7-14)8-15-12(11)16-10-4-2-1-3-5-10/h1-6,8H,(H,15,16). The predicted molar refractivity (Wildman–Crippen MR) is 66.4 cm³/mol. The number of hydrogen-bond donors (Lipinski definition) is 1. The highest BCUT2D eigenvalue weighted by molar-refractivity contribution is 9.10. The molecule has 4 heteroatoms. The number of hydrogen-bond acceptors (Lipinski definition) is 3. The molecule has 1 aromatic carbocycles. The maximum atomic E-state index is 8.71. The van der Waals surface area contributed by atoms with Gasteiger partial charge >= 0.3 is 0 Å². The van der Waals surface area contributed by atoms with Gasteiger partial charge in [-0.2, -0.15) is 5.26 Å². The molecule has 0 radical (unpaired) electrons. The van der Waals surface area contributed by atoms with E-state index in [1.165, 1.54) is 6.20 Å². The average Bonchev–Trinajstić information content (AvgIpc) is 2.33. The highest BCUT2D eigenvalue weighted by Gasteiger charge is 2.02. The molecule has 1 aromatic heterocycles. The van der Waals surface area contributed by atoms with E-state index in [1.807, 2.05) is 36.4 Å². The Morgan fingerprint density at radius 1 is 1.25 bits per heavy atom. The summed E-state index contributed by atoms with van der Waals surface area (Å²) in [6.45, 7) is 0. The van der Waals surface area contributed by atoms with E-state index in [0.717, 1.165) is 10.2 Å². The molecule has 0 fully saturated rings. The van der Waals surface area contributed by atoms with Crippen LogP contribution in [0.5, 0.6) is 0 Å². The second-order valence-corrected chi connectivity index (χ2v) is 4.01. The van der Waals surface area contributed by atoms with Crippen LogP contribution in [-0.4, -0.2) is 4.98 Å². The van der Waals surface area contributed by atoms with Gasteiger partial charge in [0, 0.05) is 11.9 Å². The van der Waals surface area contributed by atoms with Crippen LogP contribution in [0.1, 0.15) is 5.56 Å². The molecule has 0 aliphatic carbocycles. The first-order valence-electron chi connectivity index (χ1n) is 4.67. The molecule has 0 unspecified atom stereocenters. The Labute approximate surface area is 102 Å². The van der Waals surface area contributed by atoms with Crippen LogP contribution in [0.4, 0.5) is 11.5 Å². The van der Waals surface area contributed by atoms with Crippen LogP contribution >= 0.6 is 15.9 Å². The lowest BCUT2D eigenvalue weighted by Gasteiger charge is -2.06. The van der Waals surface area contributed by atoms with Crippen molar-refractivity contribution in [1.29, 1.82) is 5.26 Å². The number of aromatic nitrogens is 1. The largest absolute Gasteiger partial charge is 0.339 e. The molecule has 0 aliphatic heterocycles. The normalized spacial score (nSPS) is 9.50. The van der Waals surface area contributed by atoms with Crippen LogP contribution in [0.3, 0.4) is 0 Å². The van der Waals surface area contributed by atoms with Gasteiger partial charge in [-0.3, -0.25) is 0 Å². The summed E-state index contributed by atoms with van der Waals surface area (Å²) in [5.74, 6) is 0.699. The average molecular weight is 274 g/mol. The van der Waals surface area contributed by atoms with Crippen molar-refractivity contribution in [1.82, 2.24) is 4.98 Å². The summed E-state index contributed by atoms with van der Waals surface area (Å²) >= 11 is 3.37. The molecule has 16 heavy (non-hydrogen) atoms. The predicted octanol–water partition coefficient (Wildman–Crippen LogP) is 3.46. The molecule has 0 saturated heterocycles. The lowest BCUT2D eigenvalue weighted by Crippen LogP contribution is -1.94. The van der Waals surface area contributed by atoms with E-state index in [4.69, 9.17) is 5.26 Å². The summed E-state index contributed by atoms with van der Waals surface area (Å²) in [4.78, 5) is 4.16. The van der Waals surface area contributed by atoms with Crippen molar-refractivity contribution < 1.29 is 0 Å². The van der Waals surface area contributed by atoms with Gasteiger partial charge in [-0.15, -0.1) is 0 Å². The topological polar surface area (TPSA) is 48.7 Å². The number of nitrogens with zero attached hydrogens (tertiary/aromatic N) is 2. The third-order valence-electron chi connectivity index (χ3n) is 2.01. The molecule has 1 N–H and O–H groups in total. The Hall–Kier alpha value is -1.86. The van der Waals surface area contributed by atoms with Gasteiger partial charge in [0.15, 0.2) is 0 Å². The Kier molecular flexibility index (Phi) is 3.18. The molecule has 0 spiro atoms. The van der Waals surface area contributed by atoms with E-state index in [1.54, 1.807) is 6.07 Å². The fraction of sp³-hybridized carbons (Fsp3) is 0. The third kappa shape index (κ3) is 2.38. The lowest BCUT2D eigenvalue weighted by molar-refractivity contribution is 1.27. The second kappa shape index (κ2) is 4.77. The van der Waals surface area contributed by atoms with Gasteiger partial charge in [0.05, 0.1) is 10.0 Å². The summed E-state index contributed by atoms with van der Waals surface area (Å²) in [6, 6.07) is 13.5. The molecule has 2 aromatic rings. The minimum absolute atomic E-state index is 0.533. The summed E-state index contributed by atoms with van der Waals surface area (Å²) in [5.41, 5.74) is 1.49. The zero-order valence-corrected chi connectivity index (χ0v) is 9.90. The zero-order chi connectivity index (χ0) is 11.4. The fourth-order valence-electron chi connectivity index (χ4n) is 1.25. The monoisotopic (exact) mass is 273 g/mol. The molecule has 0 aliphatic rings. The quantitative estimate of drug-likeness (QED) is 0.912. The van der Waals surface area contributed by atoms with Crippen LogP contribution in [0.25, 0.3) is 0 Å². The maximum Gasteiger partial charge on any atom is 0.144 e. The summed E-state index contributed by atoms with van der Waals surface area (Å²) < 4.78 is 0.774. The molecular formula is C12H8BrN3. The van der Waals surface area contributed by atoms with Crippen LogP contribution in [0.15, 0.2) is 47.1 Å². The van der Waals surface area contributed by atoms with Crippen molar-refractivity contribution in [2.75, 3.05) is 5.32 Å². The first kappa shape index (κ1) is 10.7. The van der Waals surface area contributed by atoms with Crippen molar-refractivity contribution in [3.8, 4) is 6.07 Å². The number of benzene rings is 1. The van der Waals surface area contributed by atoms with Crippen molar-refractivity contribution >= 4 is 27.4 Å². The van der Waals surface area contributed by atoms with E-state index < -0.39 is 0 Å².